The Morgan fingerprint density at radius 1 is 1.17 bits per heavy atom. The SMILES string of the molecule is CCC(CC)N(CC(C)C)c1cnc(CCl)cn1. The molecule has 0 aliphatic heterocycles. The summed E-state index contributed by atoms with van der Waals surface area (Å²) in [4.78, 5) is 11.2. The molecule has 0 atom stereocenters. The van der Waals surface area contributed by atoms with E-state index in [1.165, 1.54) is 0 Å². The molecule has 1 rings (SSSR count). The van der Waals surface area contributed by atoms with Gasteiger partial charge in [-0.2, -0.15) is 0 Å². The van der Waals surface area contributed by atoms with Crippen LogP contribution in [0.3, 0.4) is 0 Å². The fraction of sp³-hybridized carbons (Fsp3) is 0.714. The molecule has 0 aliphatic carbocycles. The predicted molar refractivity (Wildman–Crippen MR) is 78.1 cm³/mol. The molecular weight excluding hydrogens is 246 g/mol. The molecule has 0 spiro atoms. The van der Waals surface area contributed by atoms with Gasteiger partial charge in [-0.25, -0.2) is 4.98 Å². The number of halogens is 1. The van der Waals surface area contributed by atoms with Crippen LogP contribution < -0.4 is 4.90 Å². The number of nitrogens with zero attached hydrogens (tertiary/aromatic N) is 3. The van der Waals surface area contributed by atoms with E-state index in [0.717, 1.165) is 30.9 Å². The molecule has 102 valence electrons. The number of anilines is 1. The molecule has 0 saturated heterocycles. The van der Waals surface area contributed by atoms with Gasteiger partial charge >= 0.3 is 0 Å². The lowest BCUT2D eigenvalue weighted by atomic mass is 10.1. The van der Waals surface area contributed by atoms with Gasteiger partial charge in [0.1, 0.15) is 5.82 Å². The normalized spacial score (nSPS) is 11.3. The Kier molecular flexibility index (Phi) is 6.41. The van der Waals surface area contributed by atoms with Crippen LogP contribution in [0.2, 0.25) is 0 Å². The van der Waals surface area contributed by atoms with Crippen molar-refractivity contribution in [1.82, 2.24) is 9.97 Å². The van der Waals surface area contributed by atoms with E-state index in [4.69, 9.17) is 11.6 Å². The first kappa shape index (κ1) is 15.2. The summed E-state index contributed by atoms with van der Waals surface area (Å²) < 4.78 is 0. The van der Waals surface area contributed by atoms with Gasteiger partial charge in [0, 0.05) is 12.6 Å². The Morgan fingerprint density at radius 2 is 1.83 bits per heavy atom. The van der Waals surface area contributed by atoms with Gasteiger partial charge in [0.2, 0.25) is 0 Å². The standard InChI is InChI=1S/C14H24ClN3/c1-5-13(6-2)18(10-11(3)4)14-9-16-12(7-15)8-17-14/h8-9,11,13H,5-7,10H2,1-4H3. The Labute approximate surface area is 116 Å². The van der Waals surface area contributed by atoms with Gasteiger partial charge in [0.15, 0.2) is 0 Å². The number of rotatable bonds is 7. The largest absolute Gasteiger partial charge is 0.352 e. The van der Waals surface area contributed by atoms with Crippen molar-refractivity contribution in [1.29, 1.82) is 0 Å². The fourth-order valence-electron chi connectivity index (χ4n) is 2.12. The third-order valence-corrected chi connectivity index (χ3v) is 3.34. The smallest absolute Gasteiger partial charge is 0.147 e. The van der Waals surface area contributed by atoms with Crippen LogP contribution in [0.5, 0.6) is 0 Å². The molecule has 18 heavy (non-hydrogen) atoms. The molecule has 1 heterocycles. The highest BCUT2D eigenvalue weighted by atomic mass is 35.5. The summed E-state index contributed by atoms with van der Waals surface area (Å²) in [6, 6.07) is 0.531. The van der Waals surface area contributed by atoms with E-state index < -0.39 is 0 Å². The van der Waals surface area contributed by atoms with Crippen LogP contribution in [0, 0.1) is 5.92 Å². The summed E-state index contributed by atoms with van der Waals surface area (Å²) in [6.45, 7) is 9.93. The van der Waals surface area contributed by atoms with Gasteiger partial charge in [-0.1, -0.05) is 27.7 Å². The molecule has 0 radical (unpaired) electrons. The van der Waals surface area contributed by atoms with Crippen LogP contribution in [0.4, 0.5) is 5.82 Å². The topological polar surface area (TPSA) is 29.0 Å². The van der Waals surface area contributed by atoms with E-state index in [1.807, 2.05) is 6.20 Å². The molecule has 0 aromatic carbocycles. The van der Waals surface area contributed by atoms with Gasteiger partial charge in [0.25, 0.3) is 0 Å². The first-order valence-corrected chi connectivity index (χ1v) is 7.29. The molecule has 0 amide bonds. The lowest BCUT2D eigenvalue weighted by Gasteiger charge is -2.32. The number of hydrogen-bond donors (Lipinski definition) is 0. The van der Waals surface area contributed by atoms with Gasteiger partial charge in [0.05, 0.1) is 24.0 Å². The van der Waals surface area contributed by atoms with Gasteiger partial charge < -0.3 is 4.90 Å². The van der Waals surface area contributed by atoms with Crippen molar-refractivity contribution in [2.75, 3.05) is 11.4 Å². The van der Waals surface area contributed by atoms with Crippen molar-refractivity contribution in [3.05, 3.63) is 18.1 Å². The van der Waals surface area contributed by atoms with Crippen molar-refractivity contribution >= 4 is 17.4 Å². The maximum absolute atomic E-state index is 5.74. The zero-order chi connectivity index (χ0) is 13.5. The molecule has 0 saturated carbocycles. The number of alkyl halides is 1. The third-order valence-electron chi connectivity index (χ3n) is 3.07. The van der Waals surface area contributed by atoms with Gasteiger partial charge in [-0.05, 0) is 18.8 Å². The first-order valence-electron chi connectivity index (χ1n) is 6.75. The van der Waals surface area contributed by atoms with E-state index >= 15 is 0 Å². The Bertz CT molecular complexity index is 333. The van der Waals surface area contributed by atoms with E-state index in [1.54, 1.807) is 6.20 Å². The molecule has 0 aliphatic rings. The van der Waals surface area contributed by atoms with Crippen molar-refractivity contribution in [2.24, 2.45) is 5.92 Å². The number of hydrogen-bond acceptors (Lipinski definition) is 3. The molecule has 4 heteroatoms. The second-order valence-corrected chi connectivity index (χ2v) is 5.28. The molecule has 0 unspecified atom stereocenters. The molecule has 0 fully saturated rings. The van der Waals surface area contributed by atoms with Crippen LogP contribution in [-0.4, -0.2) is 22.6 Å². The maximum Gasteiger partial charge on any atom is 0.147 e. The van der Waals surface area contributed by atoms with Crippen molar-refractivity contribution in [3.63, 3.8) is 0 Å². The minimum Gasteiger partial charge on any atom is -0.352 e. The summed E-state index contributed by atoms with van der Waals surface area (Å²) in [6.07, 6.45) is 5.88. The van der Waals surface area contributed by atoms with Crippen molar-refractivity contribution in [3.8, 4) is 0 Å². The van der Waals surface area contributed by atoms with E-state index in [0.29, 0.717) is 17.8 Å². The van der Waals surface area contributed by atoms with Crippen LogP contribution in [0.25, 0.3) is 0 Å². The molecule has 3 nitrogen and oxygen atoms in total. The van der Waals surface area contributed by atoms with E-state index in [2.05, 4.69) is 42.6 Å². The maximum atomic E-state index is 5.74. The van der Waals surface area contributed by atoms with Crippen LogP contribution in [0.15, 0.2) is 12.4 Å². The van der Waals surface area contributed by atoms with Crippen molar-refractivity contribution < 1.29 is 0 Å². The average Bonchev–Trinajstić information content (AvgIpc) is 2.38. The highest BCUT2D eigenvalue weighted by Gasteiger charge is 2.18. The van der Waals surface area contributed by atoms with Gasteiger partial charge in [-0.15, -0.1) is 11.6 Å². The second kappa shape index (κ2) is 7.57. The van der Waals surface area contributed by atoms with Crippen molar-refractivity contribution in [2.45, 2.75) is 52.5 Å². The van der Waals surface area contributed by atoms with E-state index in [-0.39, 0.29) is 0 Å². The fourth-order valence-corrected chi connectivity index (χ4v) is 2.26. The molecular formula is C14H24ClN3. The number of aromatic nitrogens is 2. The first-order chi connectivity index (χ1) is 8.62. The van der Waals surface area contributed by atoms with Crippen LogP contribution in [0.1, 0.15) is 46.2 Å². The Balaban J connectivity index is 2.92. The predicted octanol–water partition coefficient (Wildman–Crippen LogP) is 3.87. The minimum atomic E-state index is 0.419. The van der Waals surface area contributed by atoms with Crippen LogP contribution >= 0.6 is 11.6 Å². The van der Waals surface area contributed by atoms with Gasteiger partial charge in [-0.3, -0.25) is 4.98 Å². The average molecular weight is 270 g/mol. The third kappa shape index (κ3) is 4.13. The molecule has 1 aromatic heterocycles. The zero-order valence-corrected chi connectivity index (χ0v) is 12.6. The quantitative estimate of drug-likeness (QED) is 0.704. The Hall–Kier alpha value is -0.830. The lowest BCUT2D eigenvalue weighted by Crippen LogP contribution is -2.38. The highest BCUT2D eigenvalue weighted by Crippen LogP contribution is 2.19. The highest BCUT2D eigenvalue weighted by molar-refractivity contribution is 6.16. The second-order valence-electron chi connectivity index (χ2n) is 5.02. The summed E-state index contributed by atoms with van der Waals surface area (Å²) in [5.41, 5.74) is 0.828. The minimum absolute atomic E-state index is 0.419. The molecule has 1 aromatic rings. The summed E-state index contributed by atoms with van der Waals surface area (Å²) in [5, 5.41) is 0. The molecule has 0 bridgehead atoms. The Morgan fingerprint density at radius 3 is 2.22 bits per heavy atom. The summed E-state index contributed by atoms with van der Waals surface area (Å²) in [7, 11) is 0. The zero-order valence-electron chi connectivity index (χ0n) is 11.9. The molecule has 0 N–H and O–H groups in total. The lowest BCUT2D eigenvalue weighted by molar-refractivity contribution is 0.502. The van der Waals surface area contributed by atoms with E-state index in [9.17, 15) is 0 Å². The van der Waals surface area contributed by atoms with Crippen LogP contribution in [-0.2, 0) is 5.88 Å². The summed E-state index contributed by atoms with van der Waals surface area (Å²) in [5.74, 6) is 1.99. The monoisotopic (exact) mass is 269 g/mol. The summed E-state index contributed by atoms with van der Waals surface area (Å²) >= 11 is 5.74.